The summed E-state index contributed by atoms with van der Waals surface area (Å²) < 4.78 is 6.85. The van der Waals surface area contributed by atoms with Gasteiger partial charge in [0.05, 0.1) is 5.56 Å². The summed E-state index contributed by atoms with van der Waals surface area (Å²) in [5.41, 5.74) is 0.644. The molecule has 5 nitrogen and oxygen atoms in total. The molecule has 0 radical (unpaired) electrons. The van der Waals surface area contributed by atoms with E-state index >= 15 is 0 Å². The highest BCUT2D eigenvalue weighted by Crippen LogP contribution is 2.38. The second-order valence-corrected chi connectivity index (χ2v) is 7.28. The maximum absolute atomic E-state index is 12.9. The summed E-state index contributed by atoms with van der Waals surface area (Å²) in [5, 5.41) is 0. The number of hydrogen-bond acceptors (Lipinski definition) is 4. The molecule has 1 amide bonds. The summed E-state index contributed by atoms with van der Waals surface area (Å²) in [6, 6.07) is 8.00. The van der Waals surface area contributed by atoms with Crippen LogP contribution in [0.5, 0.6) is 5.88 Å². The second-order valence-electron chi connectivity index (χ2n) is 6.37. The van der Waals surface area contributed by atoms with Gasteiger partial charge in [-0.2, -0.15) is 0 Å². The lowest BCUT2D eigenvalue weighted by Crippen LogP contribution is -2.49. The van der Waals surface area contributed by atoms with Gasteiger partial charge < -0.3 is 9.64 Å². The van der Waals surface area contributed by atoms with E-state index in [2.05, 4.69) is 25.9 Å². The molecule has 2 saturated heterocycles. The fourth-order valence-electron chi connectivity index (χ4n) is 3.82. The largest absolute Gasteiger partial charge is 0.474 e. The van der Waals surface area contributed by atoms with E-state index in [9.17, 15) is 4.79 Å². The van der Waals surface area contributed by atoms with E-state index in [4.69, 9.17) is 4.74 Å². The third-order valence-corrected chi connectivity index (χ3v) is 5.24. The van der Waals surface area contributed by atoms with E-state index in [1.807, 2.05) is 29.2 Å². The normalized spacial score (nSPS) is 25.5. The Morgan fingerprint density at radius 1 is 1.21 bits per heavy atom. The third-order valence-electron chi connectivity index (χ3n) is 4.80. The zero-order valence-electron chi connectivity index (χ0n) is 13.1. The highest BCUT2D eigenvalue weighted by Gasteiger charge is 2.44. The number of carbonyl (C=O) groups is 1. The van der Waals surface area contributed by atoms with Crippen molar-refractivity contribution in [2.75, 3.05) is 0 Å². The number of pyridine rings is 2. The number of nitrogens with zero attached hydrogens (tertiary/aromatic N) is 3. The first-order valence-corrected chi connectivity index (χ1v) is 9.01. The Balaban J connectivity index is 1.48. The molecule has 4 heterocycles. The Morgan fingerprint density at radius 2 is 2.00 bits per heavy atom. The number of halogens is 1. The highest BCUT2D eigenvalue weighted by atomic mass is 79.9. The van der Waals surface area contributed by atoms with Crippen LogP contribution >= 0.6 is 15.9 Å². The minimum atomic E-state index is 0.0765. The van der Waals surface area contributed by atoms with Crippen molar-refractivity contribution in [2.45, 2.75) is 43.9 Å². The topological polar surface area (TPSA) is 55.3 Å². The maximum Gasteiger partial charge on any atom is 0.255 e. The molecule has 0 saturated carbocycles. The first kappa shape index (κ1) is 15.6. The molecule has 2 unspecified atom stereocenters. The van der Waals surface area contributed by atoms with Crippen LogP contribution in [0.25, 0.3) is 0 Å². The number of hydrogen-bond donors (Lipinski definition) is 0. The molecule has 2 aliphatic heterocycles. The van der Waals surface area contributed by atoms with Crippen LogP contribution in [0.15, 0.2) is 47.3 Å². The highest BCUT2D eigenvalue weighted by molar-refractivity contribution is 9.10. The van der Waals surface area contributed by atoms with Gasteiger partial charge in [-0.05, 0) is 40.9 Å². The first-order chi connectivity index (χ1) is 11.7. The Bertz CT molecular complexity index is 726. The van der Waals surface area contributed by atoms with Crippen LogP contribution in [-0.2, 0) is 0 Å². The standard InChI is InChI=1S/C18H18BrN3O2/c19-13-7-12(10-20-11-13)18(23)22-14-4-5-15(22)9-16(8-14)24-17-3-1-2-6-21-17/h1-3,6-7,10-11,14-16H,4-5,8-9H2. The Morgan fingerprint density at radius 3 is 2.67 bits per heavy atom. The lowest BCUT2D eigenvalue weighted by Gasteiger charge is -2.38. The van der Waals surface area contributed by atoms with Crippen LogP contribution in [0.3, 0.4) is 0 Å². The first-order valence-electron chi connectivity index (χ1n) is 8.21. The molecule has 2 aliphatic rings. The smallest absolute Gasteiger partial charge is 0.255 e. The van der Waals surface area contributed by atoms with Crippen molar-refractivity contribution < 1.29 is 9.53 Å². The second kappa shape index (κ2) is 6.51. The summed E-state index contributed by atoms with van der Waals surface area (Å²) in [7, 11) is 0. The summed E-state index contributed by atoms with van der Waals surface area (Å²) in [4.78, 5) is 23.3. The quantitative estimate of drug-likeness (QED) is 0.808. The molecule has 2 aromatic heterocycles. The van der Waals surface area contributed by atoms with Gasteiger partial charge in [-0.25, -0.2) is 4.98 Å². The van der Waals surface area contributed by atoms with Gasteiger partial charge in [0, 0.05) is 54.1 Å². The van der Waals surface area contributed by atoms with Crippen molar-refractivity contribution in [2.24, 2.45) is 0 Å². The van der Waals surface area contributed by atoms with Crippen LogP contribution in [0.1, 0.15) is 36.0 Å². The zero-order valence-corrected chi connectivity index (χ0v) is 14.7. The Labute approximate surface area is 149 Å². The molecule has 2 bridgehead atoms. The molecule has 4 rings (SSSR count). The number of carbonyl (C=O) groups excluding carboxylic acids is 1. The fraction of sp³-hybridized carbons (Fsp3) is 0.389. The molecule has 2 atom stereocenters. The molecule has 6 heteroatoms. The molecule has 124 valence electrons. The fourth-order valence-corrected chi connectivity index (χ4v) is 4.19. The molecule has 2 fully saturated rings. The van der Waals surface area contributed by atoms with Gasteiger partial charge in [-0.3, -0.25) is 9.78 Å². The number of amides is 1. The minimum absolute atomic E-state index is 0.0765. The van der Waals surface area contributed by atoms with Crippen LogP contribution < -0.4 is 4.74 Å². The van der Waals surface area contributed by atoms with Crippen molar-refractivity contribution >= 4 is 21.8 Å². The average Bonchev–Trinajstić information content (AvgIpc) is 2.86. The molecule has 0 N–H and O–H groups in total. The van der Waals surface area contributed by atoms with Gasteiger partial charge in [0.2, 0.25) is 5.88 Å². The van der Waals surface area contributed by atoms with Crippen LogP contribution in [-0.4, -0.2) is 39.0 Å². The number of piperidine rings is 1. The average molecular weight is 388 g/mol. The summed E-state index contributed by atoms with van der Waals surface area (Å²) in [5.74, 6) is 0.741. The molecule has 0 spiro atoms. The minimum Gasteiger partial charge on any atom is -0.474 e. The van der Waals surface area contributed by atoms with Crippen LogP contribution in [0.2, 0.25) is 0 Å². The van der Waals surface area contributed by atoms with Crippen molar-refractivity contribution in [3.63, 3.8) is 0 Å². The predicted octanol–water partition coefficient (Wildman–Crippen LogP) is 3.45. The van der Waals surface area contributed by atoms with Crippen LogP contribution in [0.4, 0.5) is 0 Å². The van der Waals surface area contributed by atoms with Crippen LogP contribution in [0, 0.1) is 0 Å². The van der Waals surface area contributed by atoms with E-state index in [0.717, 1.165) is 30.2 Å². The van der Waals surface area contributed by atoms with Gasteiger partial charge in [-0.1, -0.05) is 6.07 Å². The number of rotatable bonds is 3. The van der Waals surface area contributed by atoms with Gasteiger partial charge in [0.15, 0.2) is 0 Å². The number of aromatic nitrogens is 2. The lowest BCUT2D eigenvalue weighted by molar-refractivity contribution is 0.0347. The lowest BCUT2D eigenvalue weighted by atomic mass is 9.98. The SMILES string of the molecule is O=C(c1cncc(Br)c1)N1C2CCC1CC(Oc1ccccn1)C2. The van der Waals surface area contributed by atoms with E-state index in [1.165, 1.54) is 0 Å². The molecule has 0 aromatic carbocycles. The van der Waals surface area contributed by atoms with Gasteiger partial charge in [0.25, 0.3) is 5.91 Å². The van der Waals surface area contributed by atoms with Crippen molar-refractivity contribution in [3.8, 4) is 5.88 Å². The summed E-state index contributed by atoms with van der Waals surface area (Å²) >= 11 is 3.39. The van der Waals surface area contributed by atoms with E-state index in [-0.39, 0.29) is 24.1 Å². The Kier molecular flexibility index (Phi) is 4.22. The summed E-state index contributed by atoms with van der Waals surface area (Å²) in [6.45, 7) is 0. The van der Waals surface area contributed by atoms with Crippen molar-refractivity contribution in [3.05, 3.63) is 52.9 Å². The van der Waals surface area contributed by atoms with E-state index < -0.39 is 0 Å². The third kappa shape index (κ3) is 3.02. The number of fused-ring (bicyclic) bond motifs is 2. The van der Waals surface area contributed by atoms with Gasteiger partial charge in [-0.15, -0.1) is 0 Å². The molecule has 2 aromatic rings. The summed E-state index contributed by atoms with van der Waals surface area (Å²) in [6.07, 6.45) is 9.01. The molecular formula is C18H18BrN3O2. The molecule has 0 aliphatic carbocycles. The predicted molar refractivity (Wildman–Crippen MR) is 92.8 cm³/mol. The number of ether oxygens (including phenoxy) is 1. The van der Waals surface area contributed by atoms with E-state index in [1.54, 1.807) is 18.6 Å². The monoisotopic (exact) mass is 387 g/mol. The van der Waals surface area contributed by atoms with E-state index in [0.29, 0.717) is 11.4 Å². The molecular weight excluding hydrogens is 370 g/mol. The van der Waals surface area contributed by atoms with Gasteiger partial charge in [0.1, 0.15) is 6.10 Å². The van der Waals surface area contributed by atoms with Crippen molar-refractivity contribution in [1.82, 2.24) is 14.9 Å². The molecule has 24 heavy (non-hydrogen) atoms. The Hall–Kier alpha value is -1.95. The maximum atomic E-state index is 12.9. The zero-order chi connectivity index (χ0) is 16.5. The van der Waals surface area contributed by atoms with Crippen molar-refractivity contribution in [1.29, 1.82) is 0 Å². The van der Waals surface area contributed by atoms with Gasteiger partial charge >= 0.3 is 0 Å².